The smallest absolute Gasteiger partial charge is 0.254 e. The molecule has 24 heavy (non-hydrogen) atoms. The first-order valence-corrected chi connectivity index (χ1v) is 8.33. The van der Waals surface area contributed by atoms with Gasteiger partial charge in [0.1, 0.15) is 0 Å². The fourth-order valence-corrected chi connectivity index (χ4v) is 3.10. The monoisotopic (exact) mass is 353 g/mol. The van der Waals surface area contributed by atoms with E-state index in [1.54, 1.807) is 17.0 Å². The Morgan fingerprint density at radius 1 is 1.21 bits per heavy atom. The van der Waals surface area contributed by atoms with Crippen molar-refractivity contribution >= 4 is 23.4 Å². The molecule has 2 aliphatic rings. The second-order valence-electron chi connectivity index (χ2n) is 5.71. The number of hydrogen-bond acceptors (Lipinski definition) is 5. The van der Waals surface area contributed by atoms with Gasteiger partial charge in [0.15, 0.2) is 11.5 Å². The summed E-state index contributed by atoms with van der Waals surface area (Å²) in [6.07, 6.45) is 0. The highest BCUT2D eigenvalue weighted by molar-refractivity contribution is 6.32. The molecule has 7 nitrogen and oxygen atoms in total. The van der Waals surface area contributed by atoms with Crippen LogP contribution in [-0.4, -0.2) is 67.7 Å². The highest BCUT2D eigenvalue weighted by Gasteiger charge is 2.26. The van der Waals surface area contributed by atoms with Gasteiger partial charge in [-0.3, -0.25) is 14.5 Å². The fraction of sp³-hybridized carbons (Fsp3) is 0.500. The number of ether oxygens (including phenoxy) is 2. The molecule has 2 aliphatic heterocycles. The zero-order valence-corrected chi connectivity index (χ0v) is 14.3. The van der Waals surface area contributed by atoms with Gasteiger partial charge in [-0.25, -0.2) is 0 Å². The number of amides is 2. The van der Waals surface area contributed by atoms with Gasteiger partial charge < -0.3 is 19.7 Å². The molecule has 1 aromatic rings. The van der Waals surface area contributed by atoms with E-state index in [1.807, 2.05) is 11.8 Å². The van der Waals surface area contributed by atoms with Crippen molar-refractivity contribution in [3.05, 3.63) is 22.7 Å². The maximum Gasteiger partial charge on any atom is 0.254 e. The number of benzene rings is 1. The average molecular weight is 354 g/mol. The topological polar surface area (TPSA) is 71.1 Å². The number of piperazine rings is 1. The molecule has 0 spiro atoms. The summed E-state index contributed by atoms with van der Waals surface area (Å²) in [5.41, 5.74) is 0.487. The van der Waals surface area contributed by atoms with Crippen molar-refractivity contribution in [2.24, 2.45) is 0 Å². The molecule has 0 saturated carbocycles. The largest absolute Gasteiger partial charge is 0.454 e. The quantitative estimate of drug-likeness (QED) is 0.873. The summed E-state index contributed by atoms with van der Waals surface area (Å²) in [6.45, 7) is 5.49. The average Bonchev–Trinajstić information content (AvgIpc) is 3.04. The molecule has 1 saturated heterocycles. The Morgan fingerprint density at radius 3 is 2.67 bits per heavy atom. The predicted octanol–water partition coefficient (Wildman–Crippen LogP) is 0.963. The molecule has 1 N–H and O–H groups in total. The Morgan fingerprint density at radius 2 is 1.96 bits per heavy atom. The van der Waals surface area contributed by atoms with Gasteiger partial charge in [-0.05, 0) is 19.1 Å². The van der Waals surface area contributed by atoms with E-state index in [4.69, 9.17) is 21.1 Å². The number of likely N-dealkylation sites (N-methyl/N-ethyl adjacent to an activating group) is 1. The number of hydrogen-bond donors (Lipinski definition) is 1. The van der Waals surface area contributed by atoms with Crippen LogP contribution in [0, 0.1) is 0 Å². The molecule has 0 aliphatic carbocycles. The Kier molecular flexibility index (Phi) is 5.11. The van der Waals surface area contributed by atoms with Gasteiger partial charge in [0.05, 0.1) is 11.6 Å². The minimum absolute atomic E-state index is 0.0137. The van der Waals surface area contributed by atoms with Gasteiger partial charge in [-0.15, -0.1) is 0 Å². The number of carbonyl (C=O) groups is 2. The van der Waals surface area contributed by atoms with Crippen LogP contribution in [0.5, 0.6) is 11.5 Å². The van der Waals surface area contributed by atoms with Crippen molar-refractivity contribution in [1.29, 1.82) is 0 Å². The number of nitrogens with one attached hydrogen (secondary N) is 1. The fourth-order valence-electron chi connectivity index (χ4n) is 2.84. The summed E-state index contributed by atoms with van der Waals surface area (Å²) in [4.78, 5) is 28.1. The number of nitrogens with zero attached hydrogens (tertiary/aromatic N) is 2. The van der Waals surface area contributed by atoms with Crippen LogP contribution in [0.25, 0.3) is 0 Å². The van der Waals surface area contributed by atoms with Crippen LogP contribution in [-0.2, 0) is 4.79 Å². The van der Waals surface area contributed by atoms with Crippen LogP contribution in [0.1, 0.15) is 17.3 Å². The number of rotatable bonds is 4. The van der Waals surface area contributed by atoms with Crippen LogP contribution in [0.2, 0.25) is 5.02 Å². The highest BCUT2D eigenvalue weighted by atomic mass is 35.5. The van der Waals surface area contributed by atoms with Crippen molar-refractivity contribution in [1.82, 2.24) is 15.1 Å². The molecule has 0 radical (unpaired) electrons. The second-order valence-corrected chi connectivity index (χ2v) is 6.12. The standard InChI is InChI=1S/C16H20ClN3O4/c1-2-18-14(21)9-19-3-5-20(6-4-19)16(22)11-7-12(17)15-13(8-11)23-10-24-15/h7-8H,2-6,9-10H2,1H3,(H,18,21). The minimum atomic E-state index is -0.0899. The van der Waals surface area contributed by atoms with Crippen LogP contribution < -0.4 is 14.8 Å². The first kappa shape index (κ1) is 16.9. The lowest BCUT2D eigenvalue weighted by Crippen LogP contribution is -2.51. The SMILES string of the molecule is CCNC(=O)CN1CCN(C(=O)c2cc(Cl)c3c(c2)OCO3)CC1. The van der Waals surface area contributed by atoms with Crippen molar-refractivity contribution in [2.45, 2.75) is 6.92 Å². The molecule has 3 rings (SSSR count). The summed E-state index contributed by atoms with van der Waals surface area (Å²) in [5, 5.41) is 3.16. The van der Waals surface area contributed by atoms with E-state index in [9.17, 15) is 9.59 Å². The third-order valence-corrected chi connectivity index (χ3v) is 4.36. The van der Waals surface area contributed by atoms with Crippen molar-refractivity contribution in [2.75, 3.05) is 46.1 Å². The van der Waals surface area contributed by atoms with E-state index in [0.717, 1.165) is 0 Å². The van der Waals surface area contributed by atoms with E-state index in [-0.39, 0.29) is 18.6 Å². The zero-order chi connectivity index (χ0) is 17.1. The first-order valence-electron chi connectivity index (χ1n) is 7.96. The minimum Gasteiger partial charge on any atom is -0.454 e. The van der Waals surface area contributed by atoms with E-state index >= 15 is 0 Å². The lowest BCUT2D eigenvalue weighted by Gasteiger charge is -2.34. The molecule has 1 fully saturated rings. The molecule has 0 atom stereocenters. The summed E-state index contributed by atoms with van der Waals surface area (Å²) in [5.74, 6) is 0.911. The molecule has 2 amide bonds. The Hall–Kier alpha value is -1.99. The third kappa shape index (κ3) is 3.57. The molecule has 1 aromatic carbocycles. The van der Waals surface area contributed by atoms with E-state index < -0.39 is 0 Å². The van der Waals surface area contributed by atoms with Gasteiger partial charge in [0.25, 0.3) is 5.91 Å². The van der Waals surface area contributed by atoms with Gasteiger partial charge in [-0.2, -0.15) is 0 Å². The number of fused-ring (bicyclic) bond motifs is 1. The number of halogens is 1. The Labute approximate surface area is 145 Å². The molecule has 8 heteroatoms. The van der Waals surface area contributed by atoms with Gasteiger partial charge in [0.2, 0.25) is 12.7 Å². The normalized spacial score (nSPS) is 17.0. The summed E-state index contributed by atoms with van der Waals surface area (Å²) in [7, 11) is 0. The van der Waals surface area contributed by atoms with Crippen molar-refractivity contribution in [3.8, 4) is 11.5 Å². The lowest BCUT2D eigenvalue weighted by atomic mass is 10.1. The third-order valence-electron chi connectivity index (χ3n) is 4.07. The van der Waals surface area contributed by atoms with E-state index in [2.05, 4.69) is 5.32 Å². The molecule has 130 valence electrons. The highest BCUT2D eigenvalue weighted by Crippen LogP contribution is 2.40. The maximum atomic E-state index is 12.7. The molecule has 0 unspecified atom stereocenters. The van der Waals surface area contributed by atoms with Crippen LogP contribution in [0.3, 0.4) is 0 Å². The zero-order valence-electron chi connectivity index (χ0n) is 13.5. The maximum absolute atomic E-state index is 12.7. The van der Waals surface area contributed by atoms with Crippen LogP contribution >= 0.6 is 11.6 Å². The lowest BCUT2D eigenvalue weighted by molar-refractivity contribution is -0.122. The molecule has 2 heterocycles. The molecule has 0 aromatic heterocycles. The van der Waals surface area contributed by atoms with Crippen LogP contribution in [0.4, 0.5) is 0 Å². The summed E-state index contributed by atoms with van der Waals surface area (Å²) >= 11 is 6.14. The van der Waals surface area contributed by atoms with Gasteiger partial charge in [0, 0.05) is 38.3 Å². The van der Waals surface area contributed by atoms with Crippen molar-refractivity contribution in [3.63, 3.8) is 0 Å². The van der Waals surface area contributed by atoms with Crippen molar-refractivity contribution < 1.29 is 19.1 Å². The van der Waals surface area contributed by atoms with E-state index in [1.165, 1.54) is 0 Å². The van der Waals surface area contributed by atoms with E-state index in [0.29, 0.717) is 61.4 Å². The number of carbonyl (C=O) groups excluding carboxylic acids is 2. The second kappa shape index (κ2) is 7.27. The molecule has 0 bridgehead atoms. The van der Waals surface area contributed by atoms with Gasteiger partial charge in [-0.1, -0.05) is 11.6 Å². The van der Waals surface area contributed by atoms with Gasteiger partial charge >= 0.3 is 0 Å². The molecular weight excluding hydrogens is 334 g/mol. The summed E-state index contributed by atoms with van der Waals surface area (Å²) < 4.78 is 10.6. The molecular formula is C16H20ClN3O4. The predicted molar refractivity (Wildman–Crippen MR) is 88.6 cm³/mol. The Balaban J connectivity index is 1.60. The Bertz CT molecular complexity index is 644. The first-order chi connectivity index (χ1) is 11.6. The summed E-state index contributed by atoms with van der Waals surface area (Å²) in [6, 6.07) is 3.27. The van der Waals surface area contributed by atoms with Crippen LogP contribution in [0.15, 0.2) is 12.1 Å².